The number of thiazole rings is 1. The summed E-state index contributed by atoms with van der Waals surface area (Å²) in [5.41, 5.74) is 6.87. The van der Waals surface area contributed by atoms with Gasteiger partial charge in [0.1, 0.15) is 17.0 Å². The van der Waals surface area contributed by atoms with Crippen LogP contribution < -0.4 is 5.73 Å². The van der Waals surface area contributed by atoms with Crippen molar-refractivity contribution in [3.8, 4) is 10.6 Å². The van der Waals surface area contributed by atoms with Gasteiger partial charge in [0.2, 0.25) is 0 Å². The van der Waals surface area contributed by atoms with E-state index in [9.17, 15) is 4.79 Å². The monoisotopic (exact) mass is 407 g/mol. The van der Waals surface area contributed by atoms with Crippen LogP contribution in [0.15, 0.2) is 28.4 Å². The highest BCUT2D eigenvalue weighted by atomic mass is 35.5. The van der Waals surface area contributed by atoms with Crippen LogP contribution in [0.2, 0.25) is 0 Å². The van der Waals surface area contributed by atoms with Crippen LogP contribution in [0.5, 0.6) is 0 Å². The first-order valence-electron chi connectivity index (χ1n) is 7.87. The molecule has 0 unspecified atom stereocenters. The molecule has 1 fully saturated rings. The lowest BCUT2D eigenvalue weighted by atomic mass is 10.1. The van der Waals surface area contributed by atoms with E-state index in [4.69, 9.17) is 14.9 Å². The molecule has 2 aromatic heterocycles. The van der Waals surface area contributed by atoms with Gasteiger partial charge in [-0.15, -0.1) is 36.2 Å². The number of nitrogens with two attached hydrogens (primary N) is 1. The van der Waals surface area contributed by atoms with Crippen molar-refractivity contribution in [2.45, 2.75) is 25.4 Å². The number of hydrogen-bond donors (Lipinski definition) is 1. The number of rotatable bonds is 6. The lowest BCUT2D eigenvalue weighted by Gasteiger charge is -2.31. The minimum atomic E-state index is -0.00333. The van der Waals surface area contributed by atoms with Gasteiger partial charge in [-0.2, -0.15) is 0 Å². The van der Waals surface area contributed by atoms with Gasteiger partial charge in [0.05, 0.1) is 12.4 Å². The molecule has 0 radical (unpaired) electrons. The molecule has 0 saturated carbocycles. The molecule has 0 aromatic carbocycles. The van der Waals surface area contributed by atoms with Gasteiger partial charge in [-0.1, -0.05) is 0 Å². The molecule has 3 heterocycles. The maximum Gasteiger partial charge on any atom is 0.273 e. The molecule has 1 amide bonds. The van der Waals surface area contributed by atoms with Crippen LogP contribution in [0.25, 0.3) is 10.6 Å². The van der Waals surface area contributed by atoms with Gasteiger partial charge < -0.3 is 19.8 Å². The second-order valence-electron chi connectivity index (χ2n) is 5.55. The van der Waals surface area contributed by atoms with Crippen LogP contribution in [0.3, 0.4) is 0 Å². The summed E-state index contributed by atoms with van der Waals surface area (Å²) in [6.45, 7) is 2.78. The molecule has 2 N–H and O–H groups in total. The number of carbonyl (C=O) groups is 1. The molecule has 1 aliphatic heterocycles. The molecule has 0 bridgehead atoms. The van der Waals surface area contributed by atoms with Crippen LogP contribution in [-0.2, 0) is 4.74 Å². The first-order chi connectivity index (χ1) is 11.3. The van der Waals surface area contributed by atoms with E-state index in [0.717, 1.165) is 29.8 Å². The molecule has 9 heteroatoms. The highest BCUT2D eigenvalue weighted by Crippen LogP contribution is 2.25. The van der Waals surface area contributed by atoms with Crippen molar-refractivity contribution in [3.05, 3.63) is 29.7 Å². The number of amides is 1. The third kappa shape index (κ3) is 5.69. The molecule has 140 valence electrons. The number of hydrogen-bond acceptors (Lipinski definition) is 6. The fourth-order valence-corrected chi connectivity index (χ4v) is 3.39. The van der Waals surface area contributed by atoms with E-state index in [1.165, 1.54) is 11.3 Å². The summed E-state index contributed by atoms with van der Waals surface area (Å²) in [6, 6.07) is 1.84. The Bertz CT molecular complexity index is 628. The average Bonchev–Trinajstić information content (AvgIpc) is 3.26. The third-order valence-corrected chi connectivity index (χ3v) is 4.81. The molecule has 1 saturated heterocycles. The second kappa shape index (κ2) is 10.8. The smallest absolute Gasteiger partial charge is 0.273 e. The quantitative estimate of drug-likeness (QED) is 0.743. The molecule has 6 nitrogen and oxygen atoms in total. The van der Waals surface area contributed by atoms with Crippen LogP contribution in [-0.4, -0.2) is 48.1 Å². The number of carbonyl (C=O) groups excluding carboxylic acids is 1. The van der Waals surface area contributed by atoms with Gasteiger partial charge in [0.15, 0.2) is 0 Å². The Hall–Kier alpha value is -1.12. The zero-order valence-electron chi connectivity index (χ0n) is 13.8. The summed E-state index contributed by atoms with van der Waals surface area (Å²) in [4.78, 5) is 18.8. The van der Waals surface area contributed by atoms with Crippen LogP contribution >= 0.6 is 36.2 Å². The zero-order valence-corrected chi connectivity index (χ0v) is 16.2. The first-order valence-corrected chi connectivity index (χ1v) is 8.75. The number of aromatic nitrogens is 1. The minimum Gasteiger partial charge on any atom is -0.472 e. The van der Waals surface area contributed by atoms with E-state index in [2.05, 4.69) is 4.98 Å². The summed E-state index contributed by atoms with van der Waals surface area (Å²) in [6.07, 6.45) is 6.10. The maximum absolute atomic E-state index is 12.5. The summed E-state index contributed by atoms with van der Waals surface area (Å²) in [5, 5.41) is 2.62. The molecule has 3 rings (SSSR count). The van der Waals surface area contributed by atoms with Crippen molar-refractivity contribution in [3.63, 3.8) is 0 Å². The number of furan rings is 1. The van der Waals surface area contributed by atoms with E-state index in [0.29, 0.717) is 31.9 Å². The van der Waals surface area contributed by atoms with Gasteiger partial charge in [-0.05, 0) is 31.9 Å². The van der Waals surface area contributed by atoms with Gasteiger partial charge in [-0.25, -0.2) is 4.98 Å². The van der Waals surface area contributed by atoms with Crippen LogP contribution in [0.1, 0.15) is 29.8 Å². The predicted octanol–water partition coefficient (Wildman–Crippen LogP) is 3.22. The third-order valence-electron chi connectivity index (χ3n) is 3.92. The van der Waals surface area contributed by atoms with Crippen molar-refractivity contribution in [1.82, 2.24) is 9.88 Å². The summed E-state index contributed by atoms with van der Waals surface area (Å²) in [7, 11) is 0. The van der Waals surface area contributed by atoms with Gasteiger partial charge >= 0.3 is 0 Å². The molecule has 2 aromatic rings. The number of nitrogens with zero attached hydrogens (tertiary/aromatic N) is 2. The van der Waals surface area contributed by atoms with E-state index < -0.39 is 0 Å². The highest BCUT2D eigenvalue weighted by molar-refractivity contribution is 7.13. The van der Waals surface area contributed by atoms with Crippen LogP contribution in [0, 0.1) is 0 Å². The molecular formula is C16H23Cl2N3O3S. The lowest BCUT2D eigenvalue weighted by Crippen LogP contribution is -2.41. The van der Waals surface area contributed by atoms with Crippen molar-refractivity contribution in [2.24, 2.45) is 5.73 Å². The van der Waals surface area contributed by atoms with Gasteiger partial charge in [-0.3, -0.25) is 4.79 Å². The maximum atomic E-state index is 12.5. The molecule has 25 heavy (non-hydrogen) atoms. The fourth-order valence-electron chi connectivity index (χ4n) is 2.61. The minimum absolute atomic E-state index is 0. The zero-order chi connectivity index (χ0) is 16.1. The van der Waals surface area contributed by atoms with Crippen LogP contribution in [0.4, 0.5) is 0 Å². The lowest BCUT2D eigenvalue weighted by molar-refractivity contribution is 0.00831. The Balaban J connectivity index is 0.00000156. The number of likely N-dealkylation sites (tertiary alicyclic amines) is 1. The van der Waals surface area contributed by atoms with E-state index >= 15 is 0 Å². The predicted molar refractivity (Wildman–Crippen MR) is 103 cm³/mol. The Morgan fingerprint density at radius 2 is 2.16 bits per heavy atom. The topological polar surface area (TPSA) is 81.6 Å². The van der Waals surface area contributed by atoms with Crippen molar-refractivity contribution >= 4 is 42.1 Å². The Kier molecular flexibility index (Phi) is 9.45. The first kappa shape index (κ1) is 21.9. The summed E-state index contributed by atoms with van der Waals surface area (Å²) in [5.74, 6) is -0.00333. The van der Waals surface area contributed by atoms with E-state index in [-0.39, 0.29) is 36.8 Å². The Morgan fingerprint density at radius 1 is 1.40 bits per heavy atom. The molecule has 0 aliphatic carbocycles. The Morgan fingerprint density at radius 3 is 2.80 bits per heavy atom. The molecule has 0 spiro atoms. The van der Waals surface area contributed by atoms with Crippen molar-refractivity contribution < 1.29 is 13.9 Å². The van der Waals surface area contributed by atoms with Gasteiger partial charge in [0.25, 0.3) is 5.91 Å². The summed E-state index contributed by atoms with van der Waals surface area (Å²) >= 11 is 1.46. The molecule has 0 atom stereocenters. The molecular weight excluding hydrogens is 385 g/mol. The van der Waals surface area contributed by atoms with E-state index in [1.807, 2.05) is 16.3 Å². The SMILES string of the molecule is Cl.Cl.NCCCOC1CCN(C(=O)c2csc(-c3ccoc3)n2)CC1. The Labute approximate surface area is 163 Å². The fraction of sp³-hybridized carbons (Fsp3) is 0.500. The normalized spacial score (nSPS) is 14.7. The number of ether oxygens (including phenoxy) is 1. The van der Waals surface area contributed by atoms with Gasteiger partial charge in [0, 0.05) is 30.6 Å². The number of piperidine rings is 1. The average molecular weight is 408 g/mol. The molecule has 1 aliphatic rings. The summed E-state index contributed by atoms with van der Waals surface area (Å²) < 4.78 is 10.8. The van der Waals surface area contributed by atoms with Crippen molar-refractivity contribution in [2.75, 3.05) is 26.2 Å². The number of halogens is 2. The second-order valence-corrected chi connectivity index (χ2v) is 6.41. The van der Waals surface area contributed by atoms with E-state index in [1.54, 1.807) is 12.5 Å². The standard InChI is InChI=1S/C16H21N3O3S.2ClH/c17-5-1-8-22-13-2-6-19(7-3-13)16(20)14-11-23-15(18-14)12-4-9-21-10-12;;/h4,9-11,13H,1-3,5-8,17H2;2*1H. The largest absolute Gasteiger partial charge is 0.472 e. The van der Waals surface area contributed by atoms with Crippen molar-refractivity contribution in [1.29, 1.82) is 0 Å². The highest BCUT2D eigenvalue weighted by Gasteiger charge is 2.25.